The van der Waals surface area contributed by atoms with E-state index in [1.54, 1.807) is 23.1 Å². The van der Waals surface area contributed by atoms with Crippen LogP contribution < -0.4 is 17.3 Å². The minimum Gasteiger partial charge on any atom is -1.00 e. The molecule has 0 saturated carbocycles. The van der Waals surface area contributed by atoms with Crippen molar-refractivity contribution < 1.29 is 26.0 Å². The standard InChI is InChI=1S/C17H18FN3O2S.ClH/c1-20(2)8-4-9-21(16(22)14-5-3-10-23-14)17-19-13-7-6-12(18)11-15(13)24-17;/h3,5-7,10-11H,4,8-9H2,1-2H3;1H/p-1. The Morgan fingerprint density at radius 1 is 1.28 bits per heavy atom. The third kappa shape index (κ3) is 4.56. The highest BCUT2D eigenvalue weighted by atomic mass is 35.5. The Labute approximate surface area is 155 Å². The lowest BCUT2D eigenvalue weighted by molar-refractivity contribution is -0.0000132. The summed E-state index contributed by atoms with van der Waals surface area (Å²) < 4.78 is 19.3. The van der Waals surface area contributed by atoms with E-state index in [0.29, 0.717) is 17.2 Å². The zero-order chi connectivity index (χ0) is 17.1. The molecule has 0 spiro atoms. The molecule has 0 radical (unpaired) electrons. The second-order valence-corrected chi connectivity index (χ2v) is 6.71. The summed E-state index contributed by atoms with van der Waals surface area (Å²) in [5.41, 5.74) is 0.682. The van der Waals surface area contributed by atoms with Crippen LogP contribution in [-0.4, -0.2) is 43.0 Å². The zero-order valence-electron chi connectivity index (χ0n) is 13.9. The van der Waals surface area contributed by atoms with Crippen LogP contribution in [0.5, 0.6) is 0 Å². The highest BCUT2D eigenvalue weighted by molar-refractivity contribution is 7.22. The molecule has 0 aliphatic heterocycles. The fourth-order valence-electron chi connectivity index (χ4n) is 2.36. The lowest BCUT2D eigenvalue weighted by atomic mass is 10.3. The Morgan fingerprint density at radius 2 is 2.08 bits per heavy atom. The monoisotopic (exact) mass is 382 g/mol. The van der Waals surface area contributed by atoms with Crippen LogP contribution in [0.2, 0.25) is 0 Å². The number of aromatic nitrogens is 1. The molecule has 1 amide bonds. The fourth-order valence-corrected chi connectivity index (χ4v) is 3.38. The van der Waals surface area contributed by atoms with Crippen LogP contribution in [0.1, 0.15) is 17.0 Å². The molecular weight excluding hydrogens is 365 g/mol. The number of carbonyl (C=O) groups is 1. The fraction of sp³-hybridized carbons (Fsp3) is 0.294. The van der Waals surface area contributed by atoms with E-state index in [1.165, 1.54) is 29.7 Å². The first kappa shape index (κ1) is 19.4. The molecule has 0 aliphatic carbocycles. The second-order valence-electron chi connectivity index (χ2n) is 5.70. The third-order valence-electron chi connectivity index (χ3n) is 3.53. The first-order chi connectivity index (χ1) is 11.5. The Balaban J connectivity index is 0.00000225. The third-order valence-corrected chi connectivity index (χ3v) is 4.58. The van der Waals surface area contributed by atoms with Gasteiger partial charge in [-0.15, -0.1) is 0 Å². The molecule has 2 heterocycles. The number of carbonyl (C=O) groups excluding carboxylic acids is 1. The molecule has 0 unspecified atom stereocenters. The van der Waals surface area contributed by atoms with E-state index in [-0.39, 0.29) is 29.9 Å². The maximum absolute atomic E-state index is 13.4. The molecule has 0 N–H and O–H groups in total. The number of thiazole rings is 1. The van der Waals surface area contributed by atoms with Gasteiger partial charge in [0.2, 0.25) is 0 Å². The van der Waals surface area contributed by atoms with Crippen LogP contribution in [0.15, 0.2) is 41.0 Å². The van der Waals surface area contributed by atoms with Gasteiger partial charge < -0.3 is 21.7 Å². The second kappa shape index (κ2) is 8.42. The lowest BCUT2D eigenvalue weighted by Gasteiger charge is -2.19. The van der Waals surface area contributed by atoms with Crippen molar-refractivity contribution in [2.45, 2.75) is 6.42 Å². The van der Waals surface area contributed by atoms with Gasteiger partial charge in [0, 0.05) is 6.54 Å². The average molecular weight is 383 g/mol. The van der Waals surface area contributed by atoms with Crippen LogP contribution in [0.3, 0.4) is 0 Å². The summed E-state index contributed by atoms with van der Waals surface area (Å²) in [5, 5.41) is 0.552. The van der Waals surface area contributed by atoms with Gasteiger partial charge in [-0.3, -0.25) is 9.69 Å². The molecule has 3 rings (SSSR count). The van der Waals surface area contributed by atoms with Crippen LogP contribution >= 0.6 is 11.3 Å². The van der Waals surface area contributed by atoms with Crippen molar-refractivity contribution in [3.8, 4) is 0 Å². The van der Waals surface area contributed by atoms with Crippen molar-refractivity contribution >= 4 is 32.6 Å². The summed E-state index contributed by atoms with van der Waals surface area (Å²) in [5.74, 6) is -0.280. The van der Waals surface area contributed by atoms with Crippen LogP contribution in [0.25, 0.3) is 10.2 Å². The molecule has 1 aromatic carbocycles. The minimum atomic E-state index is -0.311. The van der Waals surface area contributed by atoms with E-state index >= 15 is 0 Å². The number of hydrogen-bond acceptors (Lipinski definition) is 5. The number of rotatable bonds is 6. The molecule has 2 aromatic heterocycles. The highest BCUT2D eigenvalue weighted by Gasteiger charge is 2.23. The topological polar surface area (TPSA) is 49.6 Å². The largest absolute Gasteiger partial charge is 1.00 e. The quantitative estimate of drug-likeness (QED) is 0.627. The summed E-state index contributed by atoms with van der Waals surface area (Å²) in [7, 11) is 3.97. The smallest absolute Gasteiger partial charge is 0.295 e. The molecule has 8 heteroatoms. The number of amides is 1. The average Bonchev–Trinajstić information content (AvgIpc) is 3.19. The van der Waals surface area contributed by atoms with Crippen molar-refractivity contribution in [1.82, 2.24) is 9.88 Å². The van der Waals surface area contributed by atoms with Gasteiger partial charge in [-0.1, -0.05) is 11.3 Å². The predicted molar refractivity (Wildman–Crippen MR) is 93.1 cm³/mol. The summed E-state index contributed by atoms with van der Waals surface area (Å²) >= 11 is 1.30. The number of nitrogens with zero attached hydrogens (tertiary/aromatic N) is 3. The number of halogens is 2. The first-order valence-corrected chi connectivity index (χ1v) is 8.42. The number of hydrogen-bond donors (Lipinski definition) is 0. The molecule has 0 aliphatic rings. The van der Waals surface area contributed by atoms with Gasteiger partial charge in [0.1, 0.15) is 5.82 Å². The molecule has 0 atom stereocenters. The molecule has 5 nitrogen and oxygen atoms in total. The Bertz CT molecular complexity index is 836. The number of furan rings is 1. The van der Waals surface area contributed by atoms with E-state index < -0.39 is 0 Å². The van der Waals surface area contributed by atoms with Gasteiger partial charge in [-0.25, -0.2) is 9.37 Å². The van der Waals surface area contributed by atoms with Gasteiger partial charge >= 0.3 is 0 Å². The molecule has 0 saturated heterocycles. The summed E-state index contributed by atoms with van der Waals surface area (Å²) in [4.78, 5) is 20.9. The molecule has 3 aromatic rings. The van der Waals surface area contributed by atoms with E-state index in [4.69, 9.17) is 4.42 Å². The van der Waals surface area contributed by atoms with Gasteiger partial charge in [0.05, 0.1) is 16.5 Å². The van der Waals surface area contributed by atoms with Crippen LogP contribution in [0.4, 0.5) is 9.52 Å². The summed E-state index contributed by atoms with van der Waals surface area (Å²) in [6, 6.07) is 7.75. The number of benzene rings is 1. The predicted octanol–water partition coefficient (Wildman–Crippen LogP) is 0.631. The maximum atomic E-state index is 13.4. The SMILES string of the molecule is CN(C)CCCN(C(=O)c1ccco1)c1nc2ccc(F)cc2s1.[Cl-]. The van der Waals surface area contributed by atoms with E-state index in [2.05, 4.69) is 9.88 Å². The van der Waals surface area contributed by atoms with Gasteiger partial charge in [-0.05, 0) is 57.4 Å². The minimum absolute atomic E-state index is 0. The molecular formula is C17H18ClFN3O2S-. The van der Waals surface area contributed by atoms with Gasteiger partial charge in [0.15, 0.2) is 10.9 Å². The van der Waals surface area contributed by atoms with Crippen molar-refractivity contribution in [2.75, 3.05) is 32.1 Å². The molecule has 0 fully saturated rings. The Hall–Kier alpha value is -1.96. The van der Waals surface area contributed by atoms with Crippen molar-refractivity contribution in [1.29, 1.82) is 0 Å². The Kier molecular flexibility index (Phi) is 6.52. The van der Waals surface area contributed by atoms with E-state index in [9.17, 15) is 9.18 Å². The van der Waals surface area contributed by atoms with Crippen molar-refractivity contribution in [2.24, 2.45) is 0 Å². The van der Waals surface area contributed by atoms with Crippen LogP contribution in [0, 0.1) is 5.82 Å². The number of anilines is 1. The van der Waals surface area contributed by atoms with Gasteiger partial charge in [-0.2, -0.15) is 0 Å². The first-order valence-electron chi connectivity index (χ1n) is 7.61. The summed E-state index contributed by atoms with van der Waals surface area (Å²) in [6.45, 7) is 1.36. The van der Waals surface area contributed by atoms with Crippen LogP contribution in [-0.2, 0) is 0 Å². The summed E-state index contributed by atoms with van der Waals surface area (Å²) in [6.07, 6.45) is 2.27. The normalized spacial score (nSPS) is 10.9. The highest BCUT2D eigenvalue weighted by Crippen LogP contribution is 2.30. The lowest BCUT2D eigenvalue weighted by Crippen LogP contribution is -3.00. The molecule has 134 valence electrons. The molecule has 0 bridgehead atoms. The zero-order valence-corrected chi connectivity index (χ0v) is 15.5. The van der Waals surface area contributed by atoms with Crippen molar-refractivity contribution in [3.05, 3.63) is 48.2 Å². The Morgan fingerprint density at radius 3 is 2.76 bits per heavy atom. The maximum Gasteiger partial charge on any atom is 0.295 e. The van der Waals surface area contributed by atoms with E-state index in [0.717, 1.165) is 17.7 Å². The van der Waals surface area contributed by atoms with Crippen molar-refractivity contribution in [3.63, 3.8) is 0 Å². The molecule has 25 heavy (non-hydrogen) atoms. The van der Waals surface area contributed by atoms with Gasteiger partial charge in [0.25, 0.3) is 5.91 Å². The number of fused-ring (bicyclic) bond motifs is 1. The van der Waals surface area contributed by atoms with E-state index in [1.807, 2.05) is 14.1 Å².